The molecule has 0 aliphatic rings. The Hall–Kier alpha value is -1.55. The first-order valence-electron chi connectivity index (χ1n) is 4.45. The van der Waals surface area contributed by atoms with Crippen LogP contribution in [0.1, 0.15) is 24.5 Å². The van der Waals surface area contributed by atoms with Gasteiger partial charge in [0.25, 0.3) is 5.89 Å². The summed E-state index contributed by atoms with van der Waals surface area (Å²) in [7, 11) is 0. The van der Waals surface area contributed by atoms with E-state index in [1.165, 1.54) is 0 Å². The third-order valence-electron chi connectivity index (χ3n) is 1.92. The van der Waals surface area contributed by atoms with Crippen LogP contribution in [-0.2, 0) is 0 Å². The molecule has 0 saturated carbocycles. The second-order valence-corrected chi connectivity index (χ2v) is 3.27. The number of furan rings is 1. The molecule has 0 saturated heterocycles. The maximum Gasteiger partial charge on any atom is 0.263 e. The maximum absolute atomic E-state index is 5.65. The van der Waals surface area contributed by atoms with Gasteiger partial charge in [0.15, 0.2) is 5.76 Å². The molecule has 0 spiro atoms. The molecule has 2 aromatic rings. The summed E-state index contributed by atoms with van der Waals surface area (Å²) in [6.45, 7) is 3.72. The van der Waals surface area contributed by atoms with E-state index in [2.05, 4.69) is 4.98 Å². The summed E-state index contributed by atoms with van der Waals surface area (Å²) in [6, 6.07) is 3.55. The van der Waals surface area contributed by atoms with Gasteiger partial charge in [0, 0.05) is 0 Å². The van der Waals surface area contributed by atoms with Crippen LogP contribution in [0.5, 0.6) is 0 Å². The van der Waals surface area contributed by atoms with Gasteiger partial charge in [-0.25, -0.2) is 4.98 Å². The van der Waals surface area contributed by atoms with Crippen molar-refractivity contribution in [2.75, 3.05) is 0 Å². The minimum Gasteiger partial charge on any atom is -0.456 e. The highest BCUT2D eigenvalue weighted by Gasteiger charge is 2.11. The van der Waals surface area contributed by atoms with Crippen LogP contribution in [0.25, 0.3) is 11.7 Å². The van der Waals surface area contributed by atoms with Crippen molar-refractivity contribution < 1.29 is 8.83 Å². The molecule has 2 rings (SSSR count). The fraction of sp³-hybridized carbons (Fsp3) is 0.300. The number of aryl methyl sites for hydroxylation is 1. The molecule has 0 fully saturated rings. The first-order chi connectivity index (χ1) is 6.66. The molecule has 2 aromatic heterocycles. The highest BCUT2D eigenvalue weighted by Crippen LogP contribution is 2.23. The van der Waals surface area contributed by atoms with E-state index in [4.69, 9.17) is 14.6 Å². The summed E-state index contributed by atoms with van der Waals surface area (Å²) < 4.78 is 10.8. The highest BCUT2D eigenvalue weighted by molar-refractivity contribution is 5.44. The van der Waals surface area contributed by atoms with E-state index in [9.17, 15) is 0 Å². The number of nitrogens with two attached hydrogens (primary N) is 1. The van der Waals surface area contributed by atoms with Gasteiger partial charge >= 0.3 is 0 Å². The van der Waals surface area contributed by atoms with Gasteiger partial charge in [0.1, 0.15) is 11.5 Å². The number of oxazole rings is 1. The van der Waals surface area contributed by atoms with E-state index in [-0.39, 0.29) is 6.04 Å². The molecule has 0 aromatic carbocycles. The topological polar surface area (TPSA) is 65.2 Å². The van der Waals surface area contributed by atoms with Crippen molar-refractivity contribution in [3.05, 3.63) is 29.9 Å². The Morgan fingerprint density at radius 1 is 1.36 bits per heavy atom. The standard InChI is InChI=1S/C10H12N2O2/c1-6-3-4-8(13-6)10-12-5-9(14-10)7(2)11/h3-5,7H,11H2,1-2H3. The zero-order valence-electron chi connectivity index (χ0n) is 8.15. The SMILES string of the molecule is Cc1ccc(-c2ncc(C(C)N)o2)o1. The average molecular weight is 192 g/mol. The van der Waals surface area contributed by atoms with Gasteiger partial charge in [-0.15, -0.1) is 0 Å². The van der Waals surface area contributed by atoms with Crippen molar-refractivity contribution in [1.82, 2.24) is 4.98 Å². The maximum atomic E-state index is 5.65. The number of hydrogen-bond acceptors (Lipinski definition) is 4. The van der Waals surface area contributed by atoms with E-state index >= 15 is 0 Å². The lowest BCUT2D eigenvalue weighted by atomic mass is 10.3. The fourth-order valence-corrected chi connectivity index (χ4v) is 1.16. The molecule has 0 amide bonds. The largest absolute Gasteiger partial charge is 0.456 e. The van der Waals surface area contributed by atoms with Crippen molar-refractivity contribution >= 4 is 0 Å². The van der Waals surface area contributed by atoms with Gasteiger partial charge < -0.3 is 14.6 Å². The Morgan fingerprint density at radius 3 is 2.64 bits per heavy atom. The summed E-state index contributed by atoms with van der Waals surface area (Å²) in [5.74, 6) is 2.61. The average Bonchev–Trinajstić information content (AvgIpc) is 2.70. The van der Waals surface area contributed by atoms with Crippen LogP contribution in [0, 0.1) is 6.92 Å². The van der Waals surface area contributed by atoms with E-state index in [0.717, 1.165) is 5.76 Å². The molecule has 0 aliphatic carbocycles. The summed E-state index contributed by atoms with van der Waals surface area (Å²) in [5, 5.41) is 0. The third-order valence-corrected chi connectivity index (χ3v) is 1.92. The van der Waals surface area contributed by atoms with Gasteiger partial charge in [-0.3, -0.25) is 0 Å². The molecule has 14 heavy (non-hydrogen) atoms. The summed E-state index contributed by atoms with van der Waals surface area (Å²) in [6.07, 6.45) is 1.62. The van der Waals surface area contributed by atoms with Crippen LogP contribution in [0.2, 0.25) is 0 Å². The molecule has 4 heteroatoms. The fourth-order valence-electron chi connectivity index (χ4n) is 1.16. The molecular formula is C10H12N2O2. The Kier molecular flexibility index (Phi) is 2.13. The van der Waals surface area contributed by atoms with Crippen LogP contribution in [0.15, 0.2) is 27.2 Å². The van der Waals surface area contributed by atoms with Gasteiger partial charge in [-0.05, 0) is 26.0 Å². The number of rotatable bonds is 2. The lowest BCUT2D eigenvalue weighted by Gasteiger charge is -1.96. The molecular weight excluding hydrogens is 180 g/mol. The third kappa shape index (κ3) is 1.56. The van der Waals surface area contributed by atoms with Gasteiger partial charge in [0.05, 0.1) is 12.2 Å². The minimum absolute atomic E-state index is 0.146. The Balaban J connectivity index is 2.33. The molecule has 1 atom stereocenters. The Bertz CT molecular complexity index is 429. The van der Waals surface area contributed by atoms with E-state index in [1.54, 1.807) is 6.20 Å². The van der Waals surface area contributed by atoms with Crippen molar-refractivity contribution in [2.24, 2.45) is 5.73 Å². The highest BCUT2D eigenvalue weighted by atomic mass is 16.4. The van der Waals surface area contributed by atoms with E-state index < -0.39 is 0 Å². The van der Waals surface area contributed by atoms with Crippen molar-refractivity contribution in [3.8, 4) is 11.7 Å². The number of aromatic nitrogens is 1. The van der Waals surface area contributed by atoms with Gasteiger partial charge in [0.2, 0.25) is 0 Å². The predicted octanol–water partition coefficient (Wildman–Crippen LogP) is 2.26. The Labute approximate surface area is 81.7 Å². The normalized spacial score (nSPS) is 13.1. The molecule has 0 aliphatic heterocycles. The molecule has 1 unspecified atom stereocenters. The summed E-state index contributed by atoms with van der Waals surface area (Å²) >= 11 is 0. The quantitative estimate of drug-likeness (QED) is 0.792. The van der Waals surface area contributed by atoms with E-state index in [0.29, 0.717) is 17.4 Å². The zero-order chi connectivity index (χ0) is 10.1. The van der Waals surface area contributed by atoms with Crippen molar-refractivity contribution in [3.63, 3.8) is 0 Å². The van der Waals surface area contributed by atoms with Crippen LogP contribution in [0.3, 0.4) is 0 Å². The second-order valence-electron chi connectivity index (χ2n) is 3.27. The predicted molar refractivity (Wildman–Crippen MR) is 51.5 cm³/mol. The summed E-state index contributed by atoms with van der Waals surface area (Å²) in [4.78, 5) is 4.08. The van der Waals surface area contributed by atoms with Crippen molar-refractivity contribution in [1.29, 1.82) is 0 Å². The molecule has 2 heterocycles. The van der Waals surface area contributed by atoms with Crippen LogP contribution in [0.4, 0.5) is 0 Å². The van der Waals surface area contributed by atoms with Gasteiger partial charge in [-0.2, -0.15) is 0 Å². The van der Waals surface area contributed by atoms with Gasteiger partial charge in [-0.1, -0.05) is 0 Å². The van der Waals surface area contributed by atoms with Crippen LogP contribution >= 0.6 is 0 Å². The Morgan fingerprint density at radius 2 is 2.14 bits per heavy atom. The van der Waals surface area contributed by atoms with Crippen molar-refractivity contribution in [2.45, 2.75) is 19.9 Å². The number of hydrogen-bond donors (Lipinski definition) is 1. The molecule has 0 radical (unpaired) electrons. The first kappa shape index (κ1) is 9.02. The molecule has 0 bridgehead atoms. The lowest BCUT2D eigenvalue weighted by Crippen LogP contribution is -2.02. The van der Waals surface area contributed by atoms with E-state index in [1.807, 2.05) is 26.0 Å². The lowest BCUT2D eigenvalue weighted by molar-refractivity contribution is 0.460. The number of nitrogens with zero attached hydrogens (tertiary/aromatic N) is 1. The minimum atomic E-state index is -0.146. The molecule has 74 valence electrons. The van der Waals surface area contributed by atoms with Crippen LogP contribution in [-0.4, -0.2) is 4.98 Å². The zero-order valence-corrected chi connectivity index (χ0v) is 8.15. The molecule has 4 nitrogen and oxygen atoms in total. The monoisotopic (exact) mass is 192 g/mol. The summed E-state index contributed by atoms with van der Waals surface area (Å²) in [5.41, 5.74) is 5.65. The molecule has 2 N–H and O–H groups in total. The van der Waals surface area contributed by atoms with Crippen LogP contribution < -0.4 is 5.73 Å². The smallest absolute Gasteiger partial charge is 0.263 e. The first-order valence-corrected chi connectivity index (χ1v) is 4.45. The second kappa shape index (κ2) is 3.31.